The first-order chi connectivity index (χ1) is 10.2. The second-order valence-corrected chi connectivity index (χ2v) is 5.31. The second-order valence-electron chi connectivity index (χ2n) is 5.31. The molecule has 2 N–H and O–H groups in total. The number of nitrogens with two attached hydrogens (primary N) is 1. The van der Waals surface area contributed by atoms with E-state index < -0.39 is 0 Å². The van der Waals surface area contributed by atoms with Crippen molar-refractivity contribution in [3.8, 4) is 5.75 Å². The van der Waals surface area contributed by atoms with Gasteiger partial charge in [-0.15, -0.1) is 0 Å². The van der Waals surface area contributed by atoms with Crippen LogP contribution in [0.25, 0.3) is 0 Å². The Hall–Kier alpha value is -1.91. The zero-order valence-corrected chi connectivity index (χ0v) is 11.9. The number of methoxy groups -OCH3 is 1. The molecule has 0 aromatic heterocycles. The number of fused-ring (bicyclic) bond motifs is 1. The molecule has 1 heterocycles. The molecule has 3 nitrogen and oxygen atoms in total. The number of hydrogen-bond acceptors (Lipinski definition) is 3. The van der Waals surface area contributed by atoms with Crippen LogP contribution in [-0.2, 0) is 11.3 Å². The first-order valence-electron chi connectivity index (χ1n) is 6.97. The number of benzene rings is 2. The highest BCUT2D eigenvalue weighted by atomic mass is 19.1. The summed E-state index contributed by atoms with van der Waals surface area (Å²) in [5.41, 5.74) is 9.17. The molecule has 0 fully saturated rings. The minimum absolute atomic E-state index is 0.148. The Bertz CT molecular complexity index is 644. The predicted molar refractivity (Wildman–Crippen MR) is 78.5 cm³/mol. The second kappa shape index (κ2) is 5.84. The summed E-state index contributed by atoms with van der Waals surface area (Å²) in [6.45, 7) is 0.553. The molecule has 1 aliphatic heterocycles. The molecule has 4 heteroatoms. The van der Waals surface area contributed by atoms with Gasteiger partial charge < -0.3 is 15.2 Å². The lowest BCUT2D eigenvalue weighted by Crippen LogP contribution is -2.24. The van der Waals surface area contributed by atoms with Gasteiger partial charge in [0, 0.05) is 31.2 Å². The minimum atomic E-state index is -0.310. The molecule has 2 atom stereocenters. The summed E-state index contributed by atoms with van der Waals surface area (Å²) in [5.74, 6) is 0.227. The summed E-state index contributed by atoms with van der Waals surface area (Å²) in [6, 6.07) is 12.4. The van der Waals surface area contributed by atoms with Crippen molar-refractivity contribution in [1.82, 2.24) is 0 Å². The van der Waals surface area contributed by atoms with Crippen molar-refractivity contribution in [2.45, 2.75) is 25.2 Å². The van der Waals surface area contributed by atoms with Crippen LogP contribution in [0.2, 0.25) is 0 Å². The van der Waals surface area contributed by atoms with Crippen LogP contribution in [0.5, 0.6) is 5.75 Å². The zero-order valence-electron chi connectivity index (χ0n) is 11.9. The van der Waals surface area contributed by atoms with E-state index in [-0.39, 0.29) is 18.0 Å². The van der Waals surface area contributed by atoms with Gasteiger partial charge in [0.25, 0.3) is 0 Å². The lowest BCUT2D eigenvalue weighted by molar-refractivity contribution is 0.159. The number of halogens is 1. The largest absolute Gasteiger partial charge is 0.485 e. The first-order valence-corrected chi connectivity index (χ1v) is 6.97. The topological polar surface area (TPSA) is 44.5 Å². The van der Waals surface area contributed by atoms with Gasteiger partial charge in [-0.3, -0.25) is 0 Å². The number of hydrogen-bond donors (Lipinski definition) is 1. The van der Waals surface area contributed by atoms with Gasteiger partial charge in [-0.1, -0.05) is 24.3 Å². The monoisotopic (exact) mass is 287 g/mol. The van der Waals surface area contributed by atoms with E-state index in [9.17, 15) is 4.39 Å². The smallest absolute Gasteiger partial charge is 0.127 e. The highest BCUT2D eigenvalue weighted by molar-refractivity contribution is 5.40. The summed E-state index contributed by atoms with van der Waals surface area (Å²) in [6.07, 6.45) is 0.515. The van der Waals surface area contributed by atoms with Gasteiger partial charge in [-0.25, -0.2) is 4.39 Å². The quantitative estimate of drug-likeness (QED) is 0.939. The molecule has 3 rings (SSSR count). The van der Waals surface area contributed by atoms with Crippen molar-refractivity contribution in [1.29, 1.82) is 0 Å². The van der Waals surface area contributed by atoms with E-state index in [1.165, 1.54) is 12.1 Å². The molecule has 0 radical (unpaired) electrons. The van der Waals surface area contributed by atoms with Crippen LogP contribution in [0.1, 0.15) is 35.3 Å². The molecule has 21 heavy (non-hydrogen) atoms. The standard InChI is InChI=1S/C17H18FNO2/c1-20-10-11-3-2-4-12(7-11)16-9-15(19)14-6-5-13(18)8-17(14)21-16/h2-8,15-16H,9-10,19H2,1H3/t15-,16?/m0/s1. The summed E-state index contributed by atoms with van der Waals surface area (Å²) in [5, 5.41) is 0. The molecule has 0 amide bonds. The van der Waals surface area contributed by atoms with E-state index in [1.807, 2.05) is 24.3 Å². The molecule has 2 aromatic rings. The Morgan fingerprint density at radius 1 is 1.29 bits per heavy atom. The van der Waals surface area contributed by atoms with Crippen molar-refractivity contribution in [3.05, 3.63) is 65.0 Å². The third kappa shape index (κ3) is 2.91. The molecule has 110 valence electrons. The van der Waals surface area contributed by atoms with Gasteiger partial charge in [0.2, 0.25) is 0 Å². The van der Waals surface area contributed by atoms with Crippen LogP contribution in [0, 0.1) is 5.82 Å². The Labute approximate surface area is 123 Å². The average Bonchev–Trinajstić information content (AvgIpc) is 2.47. The third-order valence-electron chi connectivity index (χ3n) is 3.75. The maximum Gasteiger partial charge on any atom is 0.127 e. The first kappa shape index (κ1) is 14.0. The van der Waals surface area contributed by atoms with Crippen LogP contribution < -0.4 is 10.5 Å². The molecule has 2 aromatic carbocycles. The normalized spacial score (nSPS) is 20.7. The van der Waals surface area contributed by atoms with Gasteiger partial charge in [-0.05, 0) is 23.3 Å². The SMILES string of the molecule is COCc1cccc(C2C[C@H](N)c3ccc(F)cc3O2)c1. The number of rotatable bonds is 3. The summed E-state index contributed by atoms with van der Waals surface area (Å²) in [7, 11) is 1.67. The molecule has 0 saturated carbocycles. The molecule has 0 aliphatic carbocycles. The van der Waals surface area contributed by atoms with E-state index in [0.717, 1.165) is 16.7 Å². The van der Waals surface area contributed by atoms with Crippen LogP contribution >= 0.6 is 0 Å². The van der Waals surface area contributed by atoms with E-state index in [2.05, 4.69) is 0 Å². The van der Waals surface area contributed by atoms with Crippen LogP contribution in [0.15, 0.2) is 42.5 Å². The molecule has 1 unspecified atom stereocenters. The fourth-order valence-corrected chi connectivity index (χ4v) is 2.73. The fraction of sp³-hybridized carbons (Fsp3) is 0.294. The van der Waals surface area contributed by atoms with Crippen molar-refractivity contribution in [2.24, 2.45) is 5.73 Å². The lowest BCUT2D eigenvalue weighted by Gasteiger charge is -2.30. The molecular formula is C17H18FNO2. The van der Waals surface area contributed by atoms with Gasteiger partial charge in [0.1, 0.15) is 17.7 Å². The molecule has 0 bridgehead atoms. The van der Waals surface area contributed by atoms with Gasteiger partial charge in [0.15, 0.2) is 0 Å². The molecular weight excluding hydrogens is 269 g/mol. The Balaban J connectivity index is 1.89. The van der Waals surface area contributed by atoms with E-state index in [1.54, 1.807) is 13.2 Å². The van der Waals surface area contributed by atoms with Gasteiger partial charge >= 0.3 is 0 Å². The summed E-state index contributed by atoms with van der Waals surface area (Å²) >= 11 is 0. The summed E-state index contributed by atoms with van der Waals surface area (Å²) < 4.78 is 24.5. The van der Waals surface area contributed by atoms with Gasteiger partial charge in [0.05, 0.1) is 6.61 Å². The molecule has 1 aliphatic rings. The maximum atomic E-state index is 13.4. The van der Waals surface area contributed by atoms with Crippen LogP contribution in [-0.4, -0.2) is 7.11 Å². The maximum absolute atomic E-state index is 13.4. The average molecular weight is 287 g/mol. The highest BCUT2D eigenvalue weighted by Crippen LogP contribution is 2.40. The molecule has 0 spiro atoms. The molecule has 0 saturated heterocycles. The minimum Gasteiger partial charge on any atom is -0.485 e. The van der Waals surface area contributed by atoms with E-state index in [4.69, 9.17) is 15.2 Å². The third-order valence-corrected chi connectivity index (χ3v) is 3.75. The van der Waals surface area contributed by atoms with E-state index in [0.29, 0.717) is 18.8 Å². The Morgan fingerprint density at radius 2 is 2.14 bits per heavy atom. The van der Waals surface area contributed by atoms with Crippen molar-refractivity contribution >= 4 is 0 Å². The predicted octanol–water partition coefficient (Wildman–Crippen LogP) is 3.50. The van der Waals surface area contributed by atoms with Crippen LogP contribution in [0.3, 0.4) is 0 Å². The van der Waals surface area contributed by atoms with E-state index >= 15 is 0 Å². The highest BCUT2D eigenvalue weighted by Gasteiger charge is 2.27. The Kier molecular flexibility index (Phi) is 3.90. The lowest BCUT2D eigenvalue weighted by atomic mass is 9.93. The van der Waals surface area contributed by atoms with Crippen molar-refractivity contribution in [3.63, 3.8) is 0 Å². The summed E-state index contributed by atoms with van der Waals surface area (Å²) in [4.78, 5) is 0. The zero-order chi connectivity index (χ0) is 14.8. The Morgan fingerprint density at radius 3 is 2.95 bits per heavy atom. The van der Waals surface area contributed by atoms with Crippen LogP contribution in [0.4, 0.5) is 4.39 Å². The van der Waals surface area contributed by atoms with Crippen molar-refractivity contribution in [2.75, 3.05) is 7.11 Å². The van der Waals surface area contributed by atoms with Crippen molar-refractivity contribution < 1.29 is 13.9 Å². The number of ether oxygens (including phenoxy) is 2. The fourth-order valence-electron chi connectivity index (χ4n) is 2.73. The van der Waals surface area contributed by atoms with Gasteiger partial charge in [-0.2, -0.15) is 0 Å².